The van der Waals surface area contributed by atoms with E-state index in [1.807, 2.05) is 48.5 Å². The molecule has 0 saturated heterocycles. The topological polar surface area (TPSA) is 74.6 Å². The van der Waals surface area contributed by atoms with Crippen molar-refractivity contribution >= 4 is 11.6 Å². The minimum absolute atomic E-state index is 0.0672. The van der Waals surface area contributed by atoms with Crippen LogP contribution in [0.25, 0.3) is 0 Å². The summed E-state index contributed by atoms with van der Waals surface area (Å²) in [5.41, 5.74) is 4.38. The lowest BCUT2D eigenvalue weighted by Gasteiger charge is -2.15. The molecule has 2 aliphatic carbocycles. The van der Waals surface area contributed by atoms with E-state index in [-0.39, 0.29) is 46.0 Å². The molecular weight excluding hydrogens is 376 g/mol. The molecular formula is C26H22O4. The largest absolute Gasteiger partial charge is 0.507 e. The van der Waals surface area contributed by atoms with Crippen LogP contribution < -0.4 is 0 Å². The van der Waals surface area contributed by atoms with Gasteiger partial charge in [-0.1, -0.05) is 48.5 Å². The molecule has 3 aromatic rings. The van der Waals surface area contributed by atoms with Gasteiger partial charge in [-0.3, -0.25) is 9.59 Å². The van der Waals surface area contributed by atoms with Crippen LogP contribution in [0, 0.1) is 0 Å². The zero-order valence-electron chi connectivity index (χ0n) is 16.5. The fraction of sp³-hybridized carbons (Fsp3) is 0.231. The molecule has 0 spiro atoms. The maximum Gasteiger partial charge on any atom is 0.174 e. The normalized spacial score (nSPS) is 19.3. The van der Waals surface area contributed by atoms with E-state index in [1.54, 1.807) is 0 Å². The van der Waals surface area contributed by atoms with Crippen molar-refractivity contribution in [3.63, 3.8) is 0 Å². The summed E-state index contributed by atoms with van der Waals surface area (Å²) in [4.78, 5) is 26.3. The molecule has 0 amide bonds. The Balaban J connectivity index is 1.46. The molecule has 2 unspecified atom stereocenters. The van der Waals surface area contributed by atoms with Crippen molar-refractivity contribution in [2.75, 3.05) is 0 Å². The third-order valence-electron chi connectivity index (χ3n) is 6.54. The zero-order chi connectivity index (χ0) is 20.8. The number of aryl methyl sites for hydroxylation is 2. The van der Waals surface area contributed by atoms with Crippen molar-refractivity contribution in [2.24, 2.45) is 0 Å². The first-order chi connectivity index (χ1) is 14.5. The molecule has 2 aliphatic rings. The Labute approximate surface area is 174 Å². The van der Waals surface area contributed by atoms with Crippen LogP contribution in [0.15, 0.2) is 60.7 Å². The number of benzene rings is 3. The summed E-state index contributed by atoms with van der Waals surface area (Å²) in [5.74, 6) is -1.63. The number of phenolic OH excluding ortho intramolecular Hbond substituents is 2. The van der Waals surface area contributed by atoms with Crippen LogP contribution in [-0.4, -0.2) is 21.8 Å². The van der Waals surface area contributed by atoms with Gasteiger partial charge in [0.2, 0.25) is 0 Å². The van der Waals surface area contributed by atoms with Gasteiger partial charge < -0.3 is 10.2 Å². The molecule has 0 heterocycles. The predicted molar refractivity (Wildman–Crippen MR) is 113 cm³/mol. The lowest BCUT2D eigenvalue weighted by atomic mass is 9.88. The van der Waals surface area contributed by atoms with Crippen molar-refractivity contribution < 1.29 is 19.8 Å². The smallest absolute Gasteiger partial charge is 0.174 e. The van der Waals surface area contributed by atoms with Gasteiger partial charge in [0, 0.05) is 11.8 Å². The first kappa shape index (κ1) is 18.6. The van der Waals surface area contributed by atoms with Gasteiger partial charge in [0.1, 0.15) is 11.5 Å². The molecule has 0 saturated carbocycles. The van der Waals surface area contributed by atoms with Crippen LogP contribution in [-0.2, 0) is 12.8 Å². The van der Waals surface area contributed by atoms with Gasteiger partial charge in [-0.25, -0.2) is 0 Å². The summed E-state index contributed by atoms with van der Waals surface area (Å²) in [5, 5.41) is 21.2. The number of fused-ring (bicyclic) bond motifs is 2. The molecule has 30 heavy (non-hydrogen) atoms. The number of carbonyl (C=O) groups excluding carboxylic acids is 2. The molecule has 0 aliphatic heterocycles. The van der Waals surface area contributed by atoms with Gasteiger partial charge in [-0.15, -0.1) is 0 Å². The molecule has 4 nitrogen and oxygen atoms in total. The highest BCUT2D eigenvalue weighted by molar-refractivity contribution is 6.08. The molecule has 4 heteroatoms. The molecule has 2 atom stereocenters. The van der Waals surface area contributed by atoms with E-state index in [0.717, 1.165) is 35.1 Å². The summed E-state index contributed by atoms with van der Waals surface area (Å²) >= 11 is 0. The lowest BCUT2D eigenvalue weighted by Crippen LogP contribution is -2.13. The summed E-state index contributed by atoms with van der Waals surface area (Å²) in [6.45, 7) is 0. The number of hydrogen-bond acceptors (Lipinski definition) is 4. The van der Waals surface area contributed by atoms with Crippen LogP contribution in [0.3, 0.4) is 0 Å². The van der Waals surface area contributed by atoms with Gasteiger partial charge >= 0.3 is 0 Å². The standard InChI is InChI=1S/C26H22O4/c27-23-14-22(26(30)20-12-10-16-6-2-4-8-18(16)20)24(28)13-21(23)25(29)19-11-9-15-5-1-3-7-17(15)19/h1-8,13-14,19-20,27-28H,9-12H2. The first-order valence-electron chi connectivity index (χ1n) is 10.3. The van der Waals surface area contributed by atoms with E-state index in [0.29, 0.717) is 12.8 Å². The molecule has 5 rings (SSSR count). The van der Waals surface area contributed by atoms with Crippen molar-refractivity contribution in [1.29, 1.82) is 0 Å². The molecule has 2 N–H and O–H groups in total. The zero-order valence-corrected chi connectivity index (χ0v) is 16.5. The SMILES string of the molecule is O=C(c1cc(O)c(C(=O)C2CCc3ccccc32)cc1O)C1CCc2ccccc21. The van der Waals surface area contributed by atoms with Crippen molar-refractivity contribution in [3.8, 4) is 11.5 Å². The van der Waals surface area contributed by atoms with Crippen LogP contribution in [0.1, 0.15) is 67.6 Å². The van der Waals surface area contributed by atoms with Crippen LogP contribution in [0.5, 0.6) is 11.5 Å². The second kappa shape index (κ2) is 7.13. The number of hydrogen-bond donors (Lipinski definition) is 2. The number of ketones is 2. The molecule has 0 radical (unpaired) electrons. The number of aromatic hydroxyl groups is 2. The Hall–Kier alpha value is -3.40. The van der Waals surface area contributed by atoms with Crippen molar-refractivity contribution in [2.45, 2.75) is 37.5 Å². The Morgan fingerprint density at radius 3 is 1.50 bits per heavy atom. The van der Waals surface area contributed by atoms with Crippen LogP contribution in [0.4, 0.5) is 0 Å². The summed E-state index contributed by atoms with van der Waals surface area (Å²) < 4.78 is 0. The summed E-state index contributed by atoms with van der Waals surface area (Å²) in [6, 6.07) is 18.1. The average Bonchev–Trinajstić information content (AvgIpc) is 3.38. The Morgan fingerprint density at radius 2 is 1.07 bits per heavy atom. The monoisotopic (exact) mass is 398 g/mol. The fourth-order valence-corrected chi connectivity index (χ4v) is 5.01. The molecule has 0 aromatic heterocycles. The van der Waals surface area contributed by atoms with E-state index in [1.165, 1.54) is 12.1 Å². The Bertz CT molecular complexity index is 1080. The molecule has 150 valence electrons. The maximum atomic E-state index is 13.1. The second-order valence-electron chi connectivity index (χ2n) is 8.20. The van der Waals surface area contributed by atoms with Crippen LogP contribution >= 0.6 is 0 Å². The first-order valence-corrected chi connectivity index (χ1v) is 10.3. The Morgan fingerprint density at radius 1 is 0.667 bits per heavy atom. The van der Waals surface area contributed by atoms with E-state index in [2.05, 4.69) is 0 Å². The van der Waals surface area contributed by atoms with E-state index < -0.39 is 0 Å². The molecule has 3 aromatic carbocycles. The number of Topliss-reactive ketones (excluding diaryl/α,β-unsaturated/α-hetero) is 2. The van der Waals surface area contributed by atoms with Gasteiger partial charge in [-0.05, 0) is 60.1 Å². The maximum absolute atomic E-state index is 13.1. The quantitative estimate of drug-likeness (QED) is 0.483. The highest BCUT2D eigenvalue weighted by Gasteiger charge is 2.33. The highest BCUT2D eigenvalue weighted by atomic mass is 16.3. The Kier molecular flexibility index (Phi) is 4.43. The van der Waals surface area contributed by atoms with E-state index in [4.69, 9.17) is 0 Å². The average molecular weight is 398 g/mol. The summed E-state index contributed by atoms with van der Waals surface area (Å²) in [7, 11) is 0. The van der Waals surface area contributed by atoms with Crippen LogP contribution in [0.2, 0.25) is 0 Å². The molecule has 0 fully saturated rings. The van der Waals surface area contributed by atoms with Gasteiger partial charge in [0.25, 0.3) is 0 Å². The third-order valence-corrected chi connectivity index (χ3v) is 6.54. The van der Waals surface area contributed by atoms with Gasteiger partial charge in [-0.2, -0.15) is 0 Å². The minimum atomic E-state index is -0.338. The lowest BCUT2D eigenvalue weighted by molar-refractivity contribution is 0.0943. The third kappa shape index (κ3) is 2.91. The minimum Gasteiger partial charge on any atom is -0.507 e. The number of carbonyl (C=O) groups is 2. The van der Waals surface area contributed by atoms with Crippen molar-refractivity contribution in [3.05, 3.63) is 94.0 Å². The van der Waals surface area contributed by atoms with Gasteiger partial charge in [0.05, 0.1) is 11.1 Å². The van der Waals surface area contributed by atoms with E-state index in [9.17, 15) is 19.8 Å². The number of rotatable bonds is 4. The van der Waals surface area contributed by atoms with E-state index >= 15 is 0 Å². The predicted octanol–water partition coefficient (Wildman–Crippen LogP) is 4.92. The highest BCUT2D eigenvalue weighted by Crippen LogP contribution is 2.41. The summed E-state index contributed by atoms with van der Waals surface area (Å²) in [6.07, 6.45) is 2.99. The van der Waals surface area contributed by atoms with Gasteiger partial charge in [0.15, 0.2) is 11.6 Å². The number of phenols is 2. The van der Waals surface area contributed by atoms with Crippen molar-refractivity contribution in [1.82, 2.24) is 0 Å². The fourth-order valence-electron chi connectivity index (χ4n) is 5.01. The molecule has 0 bridgehead atoms. The second-order valence-corrected chi connectivity index (χ2v) is 8.20.